The van der Waals surface area contributed by atoms with Crippen molar-refractivity contribution >= 4 is 24.3 Å². The third-order valence-electron chi connectivity index (χ3n) is 5.78. The van der Waals surface area contributed by atoms with Crippen LogP contribution in [0.1, 0.15) is 58.3 Å². The Morgan fingerprint density at radius 1 is 0.571 bits per heavy atom. The van der Waals surface area contributed by atoms with E-state index in [4.69, 9.17) is 18.3 Å². The number of hydrogen-bond acceptors (Lipinski definition) is 6. The Balaban J connectivity index is 1.07. The molecule has 0 amide bonds. The average Bonchev–Trinajstić information content (AvgIpc) is 3.61. The van der Waals surface area contributed by atoms with Crippen molar-refractivity contribution in [2.45, 2.75) is 38.4 Å². The molecule has 0 saturated heterocycles. The van der Waals surface area contributed by atoms with Gasteiger partial charge in [0.15, 0.2) is 0 Å². The number of halogens is 6. The molecule has 42 heavy (non-hydrogen) atoms. The molecule has 0 aliphatic carbocycles. The van der Waals surface area contributed by atoms with Gasteiger partial charge in [0.25, 0.3) is 0 Å². The van der Waals surface area contributed by atoms with Gasteiger partial charge >= 0.3 is 12.4 Å². The topological polar surface area (TPSA) is 70.5 Å². The molecule has 0 saturated carbocycles. The van der Waals surface area contributed by atoms with Gasteiger partial charge in [-0.25, -0.2) is 9.97 Å². The molecule has 4 aromatic rings. The Hall–Kier alpha value is -4.16. The fourth-order valence-electron chi connectivity index (χ4n) is 3.59. The molecule has 0 aliphatic rings. The largest absolute Gasteiger partial charge is 0.445 e. The van der Waals surface area contributed by atoms with Gasteiger partial charge in [-0.3, -0.25) is 0 Å². The number of unbranched alkanes of at least 4 members (excludes halogenated alkanes) is 1. The van der Waals surface area contributed by atoms with Gasteiger partial charge in [-0.15, -0.1) is 0 Å². The fraction of sp³-hybridized carbons (Fsp3) is 0.267. The maximum Gasteiger partial charge on any atom is 0.416 e. The summed E-state index contributed by atoms with van der Waals surface area (Å²) in [7, 11) is 0. The first-order valence-corrected chi connectivity index (χ1v) is 12.8. The first-order valence-electron chi connectivity index (χ1n) is 12.8. The van der Waals surface area contributed by atoms with Crippen molar-refractivity contribution in [1.82, 2.24) is 9.97 Å². The summed E-state index contributed by atoms with van der Waals surface area (Å²) in [5.41, 5.74) is 0.925. The van der Waals surface area contributed by atoms with Gasteiger partial charge in [0.2, 0.25) is 11.8 Å². The smallest absolute Gasteiger partial charge is 0.416 e. The molecule has 0 bridgehead atoms. The predicted octanol–water partition coefficient (Wildman–Crippen LogP) is 8.55. The Morgan fingerprint density at radius 2 is 0.952 bits per heavy atom. The van der Waals surface area contributed by atoms with Crippen molar-refractivity contribution in [3.63, 3.8) is 0 Å². The van der Waals surface area contributed by atoms with Gasteiger partial charge in [0, 0.05) is 25.4 Å². The Bertz CT molecular complexity index is 1340. The van der Waals surface area contributed by atoms with Crippen LogP contribution in [-0.2, 0) is 35.0 Å². The van der Waals surface area contributed by atoms with Gasteiger partial charge in [0.05, 0.1) is 24.3 Å². The van der Waals surface area contributed by atoms with Gasteiger partial charge in [0.1, 0.15) is 23.9 Å². The Labute approximate surface area is 237 Å². The zero-order valence-electron chi connectivity index (χ0n) is 22.1. The van der Waals surface area contributed by atoms with Crippen molar-refractivity contribution in [2.24, 2.45) is 0 Å². The SMILES string of the molecule is FC(F)(F)c1ccc(/C=C/c2nc(COCCCCOCc3coc(/C=C/c4ccc(C(F)(F)F)cc4)n3)co2)cc1. The highest BCUT2D eigenvalue weighted by Crippen LogP contribution is 2.30. The van der Waals surface area contributed by atoms with Crippen LogP contribution < -0.4 is 0 Å². The van der Waals surface area contributed by atoms with E-state index < -0.39 is 23.5 Å². The molecule has 0 N–H and O–H groups in total. The van der Waals surface area contributed by atoms with E-state index in [0.717, 1.165) is 37.1 Å². The molecule has 0 unspecified atom stereocenters. The van der Waals surface area contributed by atoms with Gasteiger partial charge < -0.3 is 18.3 Å². The molecule has 4 rings (SSSR count). The second kappa shape index (κ2) is 14.1. The lowest BCUT2D eigenvalue weighted by atomic mass is 10.1. The summed E-state index contributed by atoms with van der Waals surface area (Å²) in [4.78, 5) is 8.53. The van der Waals surface area contributed by atoms with Crippen molar-refractivity contribution in [2.75, 3.05) is 13.2 Å². The van der Waals surface area contributed by atoms with Crippen LogP contribution in [0.4, 0.5) is 26.3 Å². The Morgan fingerprint density at radius 3 is 1.31 bits per heavy atom. The summed E-state index contributed by atoms with van der Waals surface area (Å²) in [5, 5.41) is 0. The number of hydrogen-bond donors (Lipinski definition) is 0. The summed E-state index contributed by atoms with van der Waals surface area (Å²) >= 11 is 0. The molecule has 6 nitrogen and oxygen atoms in total. The van der Waals surface area contributed by atoms with Crippen LogP contribution in [0.15, 0.2) is 69.9 Å². The van der Waals surface area contributed by atoms with Crippen LogP contribution in [0.5, 0.6) is 0 Å². The minimum atomic E-state index is -4.37. The maximum absolute atomic E-state index is 12.6. The molecule has 2 aromatic heterocycles. The maximum atomic E-state index is 12.6. The molecular weight excluding hydrogens is 566 g/mol. The minimum Gasteiger partial charge on any atom is -0.445 e. The lowest BCUT2D eigenvalue weighted by molar-refractivity contribution is -0.138. The summed E-state index contributed by atoms with van der Waals surface area (Å²) in [5.74, 6) is 0.626. The fourth-order valence-corrected chi connectivity index (χ4v) is 3.59. The van der Waals surface area contributed by atoms with E-state index in [-0.39, 0.29) is 13.2 Å². The monoisotopic (exact) mass is 592 g/mol. The van der Waals surface area contributed by atoms with E-state index in [0.29, 0.717) is 47.5 Å². The molecular formula is C30H26F6N2O4. The zero-order chi connectivity index (χ0) is 30.0. The first-order chi connectivity index (χ1) is 20.1. The quantitative estimate of drug-likeness (QED) is 0.114. The molecule has 12 heteroatoms. The summed E-state index contributed by atoms with van der Waals surface area (Å²) in [6, 6.07) is 9.53. The van der Waals surface area contributed by atoms with E-state index in [2.05, 4.69) is 9.97 Å². The standard InChI is InChI=1S/C30H26F6N2O4/c31-29(32,33)23-9-3-21(4-10-23)7-13-27-37-25(19-41-27)17-39-15-1-2-16-40-18-26-20-42-28(38-26)14-8-22-5-11-24(12-6-22)30(34,35)36/h3-14,19-20H,1-2,15-18H2/b13-7+,14-8+. The van der Waals surface area contributed by atoms with Crippen LogP contribution in [0.2, 0.25) is 0 Å². The van der Waals surface area contributed by atoms with E-state index in [9.17, 15) is 26.3 Å². The molecule has 0 spiro atoms. The molecule has 0 radical (unpaired) electrons. The molecule has 222 valence electrons. The molecule has 0 aliphatic heterocycles. The number of ether oxygens (including phenoxy) is 2. The second-order valence-corrected chi connectivity index (χ2v) is 9.07. The summed E-state index contributed by atoms with van der Waals surface area (Å²) in [6.45, 7) is 1.46. The van der Waals surface area contributed by atoms with Crippen molar-refractivity contribution < 1.29 is 44.7 Å². The van der Waals surface area contributed by atoms with Crippen LogP contribution in [-0.4, -0.2) is 23.2 Å². The number of aromatic nitrogens is 2. The van der Waals surface area contributed by atoms with Gasteiger partial charge in [-0.1, -0.05) is 24.3 Å². The van der Waals surface area contributed by atoms with Crippen molar-refractivity contribution in [3.8, 4) is 0 Å². The number of alkyl halides is 6. The van der Waals surface area contributed by atoms with Crippen molar-refractivity contribution in [3.05, 3.63) is 106 Å². The number of oxazole rings is 2. The van der Waals surface area contributed by atoms with Crippen LogP contribution in [0.3, 0.4) is 0 Å². The van der Waals surface area contributed by atoms with Crippen LogP contribution >= 0.6 is 0 Å². The lowest BCUT2D eigenvalue weighted by Crippen LogP contribution is -2.03. The molecule has 2 aromatic carbocycles. The summed E-state index contributed by atoms with van der Waals surface area (Å²) < 4.78 is 97.8. The van der Waals surface area contributed by atoms with E-state index >= 15 is 0 Å². The van der Waals surface area contributed by atoms with Gasteiger partial charge in [-0.05, 0) is 60.4 Å². The molecule has 2 heterocycles. The van der Waals surface area contributed by atoms with Crippen LogP contribution in [0.25, 0.3) is 24.3 Å². The normalized spacial score (nSPS) is 12.6. The number of nitrogens with zero attached hydrogens (tertiary/aromatic N) is 2. The highest BCUT2D eigenvalue weighted by Gasteiger charge is 2.30. The highest BCUT2D eigenvalue weighted by atomic mass is 19.4. The average molecular weight is 593 g/mol. The highest BCUT2D eigenvalue weighted by molar-refractivity contribution is 5.66. The first kappa shape index (κ1) is 30.8. The van der Waals surface area contributed by atoms with E-state index in [1.807, 2.05) is 0 Å². The number of benzene rings is 2. The van der Waals surface area contributed by atoms with Crippen molar-refractivity contribution in [1.29, 1.82) is 0 Å². The lowest BCUT2D eigenvalue weighted by Gasteiger charge is -2.05. The Kier molecular flexibility index (Phi) is 10.4. The molecule has 0 atom stereocenters. The third-order valence-corrected chi connectivity index (χ3v) is 5.78. The zero-order valence-corrected chi connectivity index (χ0v) is 22.1. The predicted molar refractivity (Wildman–Crippen MR) is 142 cm³/mol. The minimum absolute atomic E-state index is 0.250. The van der Waals surface area contributed by atoms with Gasteiger partial charge in [-0.2, -0.15) is 26.3 Å². The summed E-state index contributed by atoms with van der Waals surface area (Å²) in [6.07, 6.45) is 2.01. The van der Waals surface area contributed by atoms with E-state index in [1.54, 1.807) is 24.3 Å². The van der Waals surface area contributed by atoms with E-state index in [1.165, 1.54) is 36.8 Å². The second-order valence-electron chi connectivity index (χ2n) is 9.07. The van der Waals surface area contributed by atoms with Crippen LogP contribution in [0, 0.1) is 0 Å². The number of rotatable bonds is 13. The third kappa shape index (κ3) is 9.74. The molecule has 0 fully saturated rings.